The Morgan fingerprint density at radius 2 is 2.14 bits per heavy atom. The monoisotopic (exact) mass is 209 g/mol. The predicted molar refractivity (Wildman–Crippen MR) is 56.5 cm³/mol. The fraction of sp³-hybridized carbons (Fsp3) is 0.300. The van der Waals surface area contributed by atoms with Crippen molar-refractivity contribution in [2.24, 2.45) is 0 Å². The molecule has 0 saturated carbocycles. The maximum absolute atomic E-state index is 8.46. The third kappa shape index (κ3) is 2.57. The molecular formula is C10H11NO2S. The third-order valence-corrected chi connectivity index (χ3v) is 2.36. The first-order valence-corrected chi connectivity index (χ1v) is 5.02. The van der Waals surface area contributed by atoms with E-state index in [1.54, 1.807) is 14.2 Å². The first-order valence-electron chi connectivity index (χ1n) is 4.03. The molecule has 0 aliphatic carbocycles. The van der Waals surface area contributed by atoms with Crippen LogP contribution in [0, 0.1) is 10.7 Å². The lowest BCUT2D eigenvalue weighted by Gasteiger charge is -2.08. The van der Waals surface area contributed by atoms with Crippen molar-refractivity contribution in [2.75, 3.05) is 14.2 Å². The fourth-order valence-corrected chi connectivity index (χ4v) is 1.55. The smallest absolute Gasteiger partial charge is 0.133 e. The van der Waals surface area contributed by atoms with Crippen LogP contribution in [0.15, 0.2) is 18.2 Å². The first kappa shape index (κ1) is 10.7. The largest absolute Gasteiger partial charge is 0.497 e. The average Bonchev–Trinajstić information content (AvgIpc) is 2.25. The Bertz CT molecular complexity index is 346. The third-order valence-electron chi connectivity index (χ3n) is 1.78. The minimum atomic E-state index is 0.608. The van der Waals surface area contributed by atoms with Crippen molar-refractivity contribution in [3.05, 3.63) is 23.8 Å². The Morgan fingerprint density at radius 1 is 1.36 bits per heavy atom. The number of nitrogens with zero attached hydrogens (tertiary/aromatic N) is 1. The highest BCUT2D eigenvalue weighted by Gasteiger charge is 2.04. The quantitative estimate of drug-likeness (QED) is 0.714. The van der Waals surface area contributed by atoms with Gasteiger partial charge in [0.2, 0.25) is 0 Å². The maximum atomic E-state index is 8.46. The van der Waals surface area contributed by atoms with Gasteiger partial charge in [0.25, 0.3) is 0 Å². The van der Waals surface area contributed by atoms with E-state index in [2.05, 4.69) is 0 Å². The van der Waals surface area contributed by atoms with Crippen molar-refractivity contribution >= 4 is 11.8 Å². The summed E-state index contributed by atoms with van der Waals surface area (Å²) in [6, 6.07) is 5.55. The molecule has 0 bridgehead atoms. The summed E-state index contributed by atoms with van der Waals surface area (Å²) >= 11 is 1.18. The molecule has 0 N–H and O–H groups in total. The molecule has 3 nitrogen and oxygen atoms in total. The van der Waals surface area contributed by atoms with Crippen molar-refractivity contribution in [2.45, 2.75) is 5.75 Å². The number of benzene rings is 1. The van der Waals surface area contributed by atoms with Gasteiger partial charge in [-0.25, -0.2) is 0 Å². The van der Waals surface area contributed by atoms with E-state index in [0.717, 1.165) is 17.1 Å². The molecule has 0 spiro atoms. The zero-order chi connectivity index (χ0) is 10.4. The molecule has 0 aliphatic rings. The summed E-state index contributed by atoms with van der Waals surface area (Å²) in [6.07, 6.45) is 0. The number of hydrogen-bond donors (Lipinski definition) is 0. The molecule has 0 saturated heterocycles. The van der Waals surface area contributed by atoms with Gasteiger partial charge in [-0.05, 0) is 30.0 Å². The highest BCUT2D eigenvalue weighted by molar-refractivity contribution is 8.02. The molecule has 1 aromatic carbocycles. The number of methoxy groups -OCH3 is 2. The number of thiocyanates is 1. The predicted octanol–water partition coefficient (Wildman–Crippen LogP) is 2.42. The summed E-state index contributed by atoms with van der Waals surface area (Å²) in [4.78, 5) is 0. The highest BCUT2D eigenvalue weighted by Crippen LogP contribution is 2.27. The summed E-state index contributed by atoms with van der Waals surface area (Å²) in [5, 5.41) is 10.5. The lowest BCUT2D eigenvalue weighted by molar-refractivity contribution is 0.400. The normalized spacial score (nSPS) is 9.21. The molecule has 0 atom stereocenters. The van der Waals surface area contributed by atoms with E-state index in [0.29, 0.717) is 5.75 Å². The average molecular weight is 209 g/mol. The second kappa shape index (κ2) is 5.40. The Kier molecular flexibility index (Phi) is 4.14. The number of hydrogen-bond acceptors (Lipinski definition) is 4. The summed E-state index contributed by atoms with van der Waals surface area (Å²) in [7, 11) is 3.23. The zero-order valence-corrected chi connectivity index (χ0v) is 8.93. The summed E-state index contributed by atoms with van der Waals surface area (Å²) < 4.78 is 10.3. The number of nitriles is 1. The molecule has 0 heterocycles. The van der Waals surface area contributed by atoms with Crippen molar-refractivity contribution < 1.29 is 9.47 Å². The second-order valence-corrected chi connectivity index (χ2v) is 3.32. The zero-order valence-electron chi connectivity index (χ0n) is 8.11. The molecule has 0 fully saturated rings. The van der Waals surface area contributed by atoms with Crippen molar-refractivity contribution in [3.8, 4) is 16.9 Å². The van der Waals surface area contributed by atoms with E-state index in [1.807, 2.05) is 23.6 Å². The Morgan fingerprint density at radius 3 is 2.71 bits per heavy atom. The lowest BCUT2D eigenvalue weighted by atomic mass is 10.2. The van der Waals surface area contributed by atoms with E-state index in [-0.39, 0.29) is 0 Å². The number of thioether (sulfide) groups is 1. The minimum absolute atomic E-state index is 0.608. The van der Waals surface area contributed by atoms with Gasteiger partial charge in [0, 0.05) is 11.3 Å². The second-order valence-electron chi connectivity index (χ2n) is 2.56. The molecule has 0 radical (unpaired) electrons. The summed E-state index contributed by atoms with van der Waals surface area (Å²) in [5.41, 5.74) is 0.971. The van der Waals surface area contributed by atoms with E-state index in [9.17, 15) is 0 Å². The summed E-state index contributed by atoms with van der Waals surface area (Å²) in [6.45, 7) is 0. The van der Waals surface area contributed by atoms with Crippen LogP contribution in [-0.4, -0.2) is 14.2 Å². The minimum Gasteiger partial charge on any atom is -0.497 e. The molecular weight excluding hydrogens is 198 g/mol. The van der Waals surface area contributed by atoms with E-state index < -0.39 is 0 Å². The lowest BCUT2D eigenvalue weighted by Crippen LogP contribution is -1.91. The van der Waals surface area contributed by atoms with Crippen molar-refractivity contribution in [1.82, 2.24) is 0 Å². The van der Waals surface area contributed by atoms with Crippen LogP contribution in [0.4, 0.5) is 0 Å². The van der Waals surface area contributed by atoms with Gasteiger partial charge in [-0.3, -0.25) is 0 Å². The SMILES string of the molecule is COc1ccc(OC)c(CSC#N)c1. The highest BCUT2D eigenvalue weighted by atomic mass is 32.2. The van der Waals surface area contributed by atoms with Crippen LogP contribution >= 0.6 is 11.8 Å². The number of ether oxygens (including phenoxy) is 2. The maximum Gasteiger partial charge on any atom is 0.133 e. The van der Waals surface area contributed by atoms with Crippen LogP contribution in [0.1, 0.15) is 5.56 Å². The van der Waals surface area contributed by atoms with Gasteiger partial charge < -0.3 is 9.47 Å². The van der Waals surface area contributed by atoms with E-state index in [4.69, 9.17) is 14.7 Å². The van der Waals surface area contributed by atoms with Crippen LogP contribution in [0.2, 0.25) is 0 Å². The molecule has 0 unspecified atom stereocenters. The van der Waals surface area contributed by atoms with Crippen LogP contribution < -0.4 is 9.47 Å². The van der Waals surface area contributed by atoms with Gasteiger partial charge in [-0.15, -0.1) is 0 Å². The fourth-order valence-electron chi connectivity index (χ4n) is 1.10. The van der Waals surface area contributed by atoms with Gasteiger partial charge in [0.1, 0.15) is 16.9 Å². The van der Waals surface area contributed by atoms with Gasteiger partial charge in [-0.2, -0.15) is 5.26 Å². The molecule has 1 rings (SSSR count). The topological polar surface area (TPSA) is 42.2 Å². The first-order chi connectivity index (χ1) is 6.81. The van der Waals surface area contributed by atoms with Crippen LogP contribution in [0.5, 0.6) is 11.5 Å². The Balaban J connectivity index is 2.91. The molecule has 4 heteroatoms. The van der Waals surface area contributed by atoms with Crippen molar-refractivity contribution in [3.63, 3.8) is 0 Å². The molecule has 0 aromatic heterocycles. The number of rotatable bonds is 4. The van der Waals surface area contributed by atoms with Gasteiger partial charge in [0.05, 0.1) is 14.2 Å². The van der Waals surface area contributed by atoms with Gasteiger partial charge >= 0.3 is 0 Å². The Hall–Kier alpha value is -1.34. The summed E-state index contributed by atoms with van der Waals surface area (Å²) in [5.74, 6) is 2.17. The molecule has 0 aliphatic heterocycles. The van der Waals surface area contributed by atoms with Gasteiger partial charge in [-0.1, -0.05) is 0 Å². The molecule has 14 heavy (non-hydrogen) atoms. The van der Waals surface area contributed by atoms with Crippen LogP contribution in [0.3, 0.4) is 0 Å². The van der Waals surface area contributed by atoms with Crippen LogP contribution in [0.25, 0.3) is 0 Å². The Labute approximate surface area is 87.6 Å². The van der Waals surface area contributed by atoms with E-state index >= 15 is 0 Å². The van der Waals surface area contributed by atoms with E-state index in [1.165, 1.54) is 11.8 Å². The standard InChI is InChI=1S/C10H11NO2S/c1-12-9-3-4-10(13-2)8(5-9)6-14-7-11/h3-5H,6H2,1-2H3. The van der Waals surface area contributed by atoms with Crippen LogP contribution in [-0.2, 0) is 5.75 Å². The van der Waals surface area contributed by atoms with Crippen molar-refractivity contribution in [1.29, 1.82) is 5.26 Å². The molecule has 1 aromatic rings. The van der Waals surface area contributed by atoms with Gasteiger partial charge in [0.15, 0.2) is 0 Å². The molecule has 0 amide bonds. The molecule has 74 valence electrons.